The van der Waals surface area contributed by atoms with Gasteiger partial charge in [-0.15, -0.1) is 0 Å². The second-order valence-electron chi connectivity index (χ2n) is 7.67. The number of nitrogens with zero attached hydrogens (tertiary/aromatic N) is 1. The Hall–Kier alpha value is -2.87. The molecule has 158 valence electrons. The van der Waals surface area contributed by atoms with E-state index in [-0.39, 0.29) is 18.6 Å². The summed E-state index contributed by atoms with van der Waals surface area (Å²) in [6.07, 6.45) is -0.982. The van der Waals surface area contributed by atoms with Gasteiger partial charge in [-0.05, 0) is 51.3 Å². The highest BCUT2D eigenvalue weighted by atomic mass is 16.6. The van der Waals surface area contributed by atoms with Crippen LogP contribution in [-0.2, 0) is 32.2 Å². The number of hydrogen-bond acceptors (Lipinski definition) is 7. The lowest BCUT2D eigenvalue weighted by molar-refractivity contribution is -0.156. The van der Waals surface area contributed by atoms with E-state index < -0.39 is 23.8 Å². The quantitative estimate of drug-likeness (QED) is 0.557. The highest BCUT2D eigenvalue weighted by molar-refractivity contribution is 5.81. The van der Waals surface area contributed by atoms with Gasteiger partial charge in [0.25, 0.3) is 5.56 Å². The number of pyridine rings is 1. The summed E-state index contributed by atoms with van der Waals surface area (Å²) in [5, 5.41) is 0.793. The van der Waals surface area contributed by atoms with Gasteiger partial charge in [0, 0.05) is 19.5 Å². The number of fused-ring (bicyclic) bond motifs is 1. The van der Waals surface area contributed by atoms with Crippen molar-refractivity contribution in [3.05, 3.63) is 40.2 Å². The molecular weight excluding hydrogens is 376 g/mol. The Morgan fingerprint density at radius 3 is 2.48 bits per heavy atom. The number of aromatic nitrogens is 1. The Bertz CT molecular complexity index is 958. The fourth-order valence-corrected chi connectivity index (χ4v) is 2.85. The average Bonchev–Trinajstić information content (AvgIpc) is 2.58. The Labute approximate surface area is 169 Å². The van der Waals surface area contributed by atoms with Crippen molar-refractivity contribution in [2.45, 2.75) is 66.0 Å². The second kappa shape index (κ2) is 9.09. The van der Waals surface area contributed by atoms with Crippen LogP contribution in [0.5, 0.6) is 5.75 Å². The number of nitrogens with two attached hydrogens (primary N) is 1. The van der Waals surface area contributed by atoms with Gasteiger partial charge >= 0.3 is 11.9 Å². The predicted molar refractivity (Wildman–Crippen MR) is 108 cm³/mol. The van der Waals surface area contributed by atoms with Crippen molar-refractivity contribution in [2.75, 3.05) is 0 Å². The highest BCUT2D eigenvalue weighted by Gasteiger charge is 2.20. The van der Waals surface area contributed by atoms with Crippen molar-refractivity contribution in [3.63, 3.8) is 0 Å². The van der Waals surface area contributed by atoms with Gasteiger partial charge < -0.3 is 18.8 Å². The minimum atomic E-state index is -0.882. The molecule has 8 nitrogen and oxygen atoms in total. The molecule has 0 fully saturated rings. The molecule has 8 heteroatoms. The molecule has 1 unspecified atom stereocenters. The molecule has 0 amide bonds. The lowest BCUT2D eigenvalue weighted by Crippen LogP contribution is -2.33. The minimum Gasteiger partial charge on any atom is -0.475 e. The Balaban J connectivity index is 2.24. The lowest BCUT2D eigenvalue weighted by atomic mass is 10.1. The van der Waals surface area contributed by atoms with Gasteiger partial charge in [0.2, 0.25) is 0 Å². The fraction of sp³-hybridized carbons (Fsp3) is 0.476. The summed E-state index contributed by atoms with van der Waals surface area (Å²) in [6, 6.07) is 6.88. The van der Waals surface area contributed by atoms with E-state index in [9.17, 15) is 14.4 Å². The van der Waals surface area contributed by atoms with Gasteiger partial charge in [-0.2, -0.15) is 0 Å². The van der Waals surface area contributed by atoms with Crippen LogP contribution in [0.25, 0.3) is 10.9 Å². The maximum Gasteiger partial charge on any atom is 0.311 e. The van der Waals surface area contributed by atoms with Crippen molar-refractivity contribution in [1.29, 1.82) is 0 Å². The first-order valence-corrected chi connectivity index (χ1v) is 9.44. The largest absolute Gasteiger partial charge is 0.475 e. The zero-order chi connectivity index (χ0) is 21.8. The molecule has 2 rings (SSSR count). The van der Waals surface area contributed by atoms with E-state index in [1.807, 2.05) is 6.92 Å². The third kappa shape index (κ3) is 6.32. The molecule has 0 radical (unpaired) electrons. The Morgan fingerprint density at radius 1 is 1.21 bits per heavy atom. The molecule has 0 aliphatic rings. The predicted octanol–water partition coefficient (Wildman–Crippen LogP) is 2.48. The number of esters is 2. The molecule has 0 aliphatic carbocycles. The first-order valence-electron chi connectivity index (χ1n) is 9.44. The third-order valence-corrected chi connectivity index (χ3v) is 3.96. The number of ether oxygens (including phenoxy) is 3. The average molecular weight is 404 g/mol. The maximum absolute atomic E-state index is 12.7. The molecule has 1 atom stereocenters. The molecule has 2 N–H and O–H groups in total. The fourth-order valence-electron chi connectivity index (χ4n) is 2.85. The van der Waals surface area contributed by atoms with Crippen molar-refractivity contribution in [1.82, 2.24) is 4.57 Å². The molecule has 1 aromatic heterocycles. The number of carbonyl (C=O) groups is 2. The summed E-state index contributed by atoms with van der Waals surface area (Å²) in [6.45, 7) is 8.82. The summed E-state index contributed by atoms with van der Waals surface area (Å²) < 4.78 is 17.4. The number of carbonyl (C=O) groups excluding carboxylic acids is 2. The van der Waals surface area contributed by atoms with E-state index in [0.29, 0.717) is 23.4 Å². The standard InChI is InChI=1S/C21H28N2O6/c1-6-23-17-10-16(28-18(22)11-19(25)29-21(3,4)5)8-7-14(17)9-15(20(23)26)12-27-13(2)24/h7-10,18H,6,11-12,22H2,1-5H3. The molecular formula is C21H28N2O6. The number of aryl methyl sites for hydroxylation is 1. The molecule has 1 aromatic carbocycles. The van der Waals surface area contributed by atoms with Gasteiger partial charge in [-0.3, -0.25) is 20.1 Å². The van der Waals surface area contributed by atoms with Crippen molar-refractivity contribution >= 4 is 22.8 Å². The summed E-state index contributed by atoms with van der Waals surface area (Å²) in [5.41, 5.74) is 6.14. The van der Waals surface area contributed by atoms with Crippen LogP contribution in [0.15, 0.2) is 29.1 Å². The molecule has 0 saturated heterocycles. The van der Waals surface area contributed by atoms with E-state index in [0.717, 1.165) is 5.39 Å². The number of benzene rings is 1. The van der Waals surface area contributed by atoms with Crippen LogP contribution in [0.3, 0.4) is 0 Å². The second-order valence-corrected chi connectivity index (χ2v) is 7.67. The Morgan fingerprint density at radius 2 is 1.90 bits per heavy atom. The summed E-state index contributed by atoms with van der Waals surface area (Å²) in [7, 11) is 0. The molecule has 1 heterocycles. The van der Waals surface area contributed by atoms with Crippen molar-refractivity contribution < 1.29 is 23.8 Å². The monoisotopic (exact) mass is 404 g/mol. The van der Waals surface area contributed by atoms with Gasteiger partial charge in [-0.25, -0.2) is 0 Å². The molecule has 0 aliphatic heterocycles. The molecule has 0 spiro atoms. The SMILES string of the molecule is CCn1c(=O)c(COC(C)=O)cc2ccc(OC(N)CC(=O)OC(C)(C)C)cc21. The van der Waals surface area contributed by atoms with E-state index in [2.05, 4.69) is 0 Å². The Kier molecular flexibility index (Phi) is 7.02. The van der Waals surface area contributed by atoms with Crippen LogP contribution in [0.4, 0.5) is 0 Å². The van der Waals surface area contributed by atoms with E-state index in [1.165, 1.54) is 6.92 Å². The van der Waals surface area contributed by atoms with Crippen LogP contribution < -0.4 is 16.0 Å². The van der Waals surface area contributed by atoms with Crippen molar-refractivity contribution in [3.8, 4) is 5.75 Å². The topological polar surface area (TPSA) is 110 Å². The van der Waals surface area contributed by atoms with Crippen LogP contribution in [0, 0.1) is 0 Å². The molecule has 29 heavy (non-hydrogen) atoms. The number of hydrogen-bond donors (Lipinski definition) is 1. The summed E-state index contributed by atoms with van der Waals surface area (Å²) in [5.74, 6) is -0.468. The van der Waals surface area contributed by atoms with Crippen LogP contribution in [0.2, 0.25) is 0 Å². The van der Waals surface area contributed by atoms with Gasteiger partial charge in [-0.1, -0.05) is 0 Å². The van der Waals surface area contributed by atoms with Gasteiger partial charge in [0.1, 0.15) is 18.0 Å². The summed E-state index contributed by atoms with van der Waals surface area (Å²) >= 11 is 0. The molecule has 2 aromatic rings. The van der Waals surface area contributed by atoms with Crippen LogP contribution in [0.1, 0.15) is 46.6 Å². The van der Waals surface area contributed by atoms with Crippen molar-refractivity contribution in [2.24, 2.45) is 5.73 Å². The van der Waals surface area contributed by atoms with E-state index in [4.69, 9.17) is 19.9 Å². The minimum absolute atomic E-state index is 0.0802. The third-order valence-electron chi connectivity index (χ3n) is 3.96. The lowest BCUT2D eigenvalue weighted by Gasteiger charge is -2.21. The normalized spacial score (nSPS) is 12.5. The van der Waals surface area contributed by atoms with Gasteiger partial charge in [0.15, 0.2) is 6.23 Å². The zero-order valence-electron chi connectivity index (χ0n) is 17.5. The maximum atomic E-state index is 12.7. The van der Waals surface area contributed by atoms with E-state index >= 15 is 0 Å². The smallest absolute Gasteiger partial charge is 0.311 e. The highest BCUT2D eigenvalue weighted by Crippen LogP contribution is 2.22. The number of rotatable bonds is 7. The molecule has 0 saturated carbocycles. The van der Waals surface area contributed by atoms with Crippen LogP contribution in [-0.4, -0.2) is 28.3 Å². The van der Waals surface area contributed by atoms with Crippen LogP contribution >= 0.6 is 0 Å². The molecule has 0 bridgehead atoms. The summed E-state index contributed by atoms with van der Waals surface area (Å²) in [4.78, 5) is 35.6. The van der Waals surface area contributed by atoms with E-state index in [1.54, 1.807) is 49.6 Å². The first-order chi connectivity index (χ1) is 13.5. The first kappa shape index (κ1) is 22.4. The zero-order valence-corrected chi connectivity index (χ0v) is 17.5. The van der Waals surface area contributed by atoms with Gasteiger partial charge in [0.05, 0.1) is 17.5 Å².